The lowest BCUT2D eigenvalue weighted by Gasteiger charge is -2.28. The topological polar surface area (TPSA) is 71.3 Å². The number of nitro groups is 1. The van der Waals surface area contributed by atoms with Gasteiger partial charge in [-0.3, -0.25) is 10.1 Å². The van der Waals surface area contributed by atoms with E-state index in [2.05, 4.69) is 29.0 Å². The minimum atomic E-state index is -0.378. The van der Waals surface area contributed by atoms with Crippen LogP contribution in [-0.4, -0.2) is 29.0 Å². The first-order valence-corrected chi connectivity index (χ1v) is 6.70. The summed E-state index contributed by atoms with van der Waals surface area (Å²) in [4.78, 5) is 17.1. The van der Waals surface area contributed by atoms with Gasteiger partial charge < -0.3 is 10.2 Å². The Bertz CT molecular complexity index is 437. The average molecular weight is 266 g/mol. The molecule has 6 nitrogen and oxygen atoms in total. The highest BCUT2D eigenvalue weighted by molar-refractivity contribution is 5.56. The number of nitrogens with one attached hydrogen (secondary N) is 1. The van der Waals surface area contributed by atoms with Gasteiger partial charge in [-0.05, 0) is 27.2 Å². The average Bonchev–Trinajstić information content (AvgIpc) is 2.39. The second-order valence-corrected chi connectivity index (χ2v) is 4.40. The van der Waals surface area contributed by atoms with E-state index in [0.717, 1.165) is 13.0 Å². The van der Waals surface area contributed by atoms with Crippen LogP contribution in [-0.2, 0) is 0 Å². The molecule has 0 spiro atoms. The Morgan fingerprint density at radius 3 is 2.58 bits per heavy atom. The van der Waals surface area contributed by atoms with E-state index >= 15 is 0 Å². The number of pyridine rings is 1. The molecule has 0 fully saturated rings. The molecule has 0 radical (unpaired) electrons. The van der Waals surface area contributed by atoms with Crippen molar-refractivity contribution in [2.75, 3.05) is 23.3 Å². The molecule has 19 heavy (non-hydrogen) atoms. The number of hydrogen-bond acceptors (Lipinski definition) is 5. The third-order valence-electron chi connectivity index (χ3n) is 3.12. The summed E-state index contributed by atoms with van der Waals surface area (Å²) in [5.74, 6) is 1.20. The van der Waals surface area contributed by atoms with Crippen molar-refractivity contribution in [3.8, 4) is 0 Å². The van der Waals surface area contributed by atoms with Gasteiger partial charge in [-0.1, -0.05) is 6.92 Å². The molecule has 6 heteroatoms. The van der Waals surface area contributed by atoms with E-state index < -0.39 is 0 Å². The SMILES string of the molecule is CCNc1cc([N+](=O)[O-])cc(N(CC)C(C)CC)n1. The number of hydrogen-bond donors (Lipinski definition) is 1. The molecule has 1 heterocycles. The lowest BCUT2D eigenvalue weighted by atomic mass is 10.2. The van der Waals surface area contributed by atoms with Gasteiger partial charge in [0.05, 0.1) is 17.1 Å². The Morgan fingerprint density at radius 2 is 2.11 bits per heavy atom. The van der Waals surface area contributed by atoms with Crippen molar-refractivity contribution in [1.29, 1.82) is 0 Å². The molecule has 106 valence electrons. The second kappa shape index (κ2) is 6.92. The molecule has 0 aliphatic rings. The van der Waals surface area contributed by atoms with Gasteiger partial charge in [-0.2, -0.15) is 0 Å². The third kappa shape index (κ3) is 3.81. The fourth-order valence-electron chi connectivity index (χ4n) is 1.95. The maximum atomic E-state index is 11.0. The van der Waals surface area contributed by atoms with Gasteiger partial charge in [-0.15, -0.1) is 0 Å². The van der Waals surface area contributed by atoms with E-state index in [1.54, 1.807) is 0 Å². The lowest BCUT2D eigenvalue weighted by molar-refractivity contribution is -0.384. The highest BCUT2D eigenvalue weighted by Gasteiger charge is 2.17. The standard InChI is InChI=1S/C13H22N4O2/c1-5-10(4)16(7-3)13-9-11(17(18)19)8-12(15-13)14-6-2/h8-10H,5-7H2,1-4H3,(H,14,15). The zero-order valence-corrected chi connectivity index (χ0v) is 12.0. The molecular weight excluding hydrogens is 244 g/mol. The number of anilines is 2. The van der Waals surface area contributed by atoms with Crippen LogP contribution in [0.3, 0.4) is 0 Å². The minimum absolute atomic E-state index is 0.0719. The monoisotopic (exact) mass is 266 g/mol. The summed E-state index contributed by atoms with van der Waals surface area (Å²) in [5, 5.41) is 14.0. The molecule has 1 atom stereocenters. The number of rotatable bonds is 7. The summed E-state index contributed by atoms with van der Waals surface area (Å²) >= 11 is 0. The van der Waals surface area contributed by atoms with Crippen molar-refractivity contribution < 1.29 is 4.92 Å². The molecule has 1 rings (SSSR count). The van der Waals surface area contributed by atoms with E-state index in [-0.39, 0.29) is 10.6 Å². The molecule has 1 unspecified atom stereocenters. The van der Waals surface area contributed by atoms with Gasteiger partial charge in [0.2, 0.25) is 0 Å². The maximum absolute atomic E-state index is 11.0. The van der Waals surface area contributed by atoms with Crippen molar-refractivity contribution in [1.82, 2.24) is 4.98 Å². The highest BCUT2D eigenvalue weighted by atomic mass is 16.6. The summed E-state index contributed by atoms with van der Waals surface area (Å²) in [6.07, 6.45) is 0.967. The molecule has 1 aromatic heterocycles. The number of nitrogens with zero attached hydrogens (tertiary/aromatic N) is 3. The van der Waals surface area contributed by atoms with Crippen molar-refractivity contribution in [3.05, 3.63) is 22.2 Å². The summed E-state index contributed by atoms with van der Waals surface area (Å²) < 4.78 is 0. The van der Waals surface area contributed by atoms with Gasteiger partial charge in [0.25, 0.3) is 5.69 Å². The molecule has 0 saturated carbocycles. The molecule has 1 aromatic rings. The normalized spacial score (nSPS) is 12.0. The van der Waals surface area contributed by atoms with E-state index in [1.165, 1.54) is 12.1 Å². The smallest absolute Gasteiger partial charge is 0.276 e. The van der Waals surface area contributed by atoms with Crippen LogP contribution in [0.5, 0.6) is 0 Å². The zero-order chi connectivity index (χ0) is 14.4. The quantitative estimate of drug-likeness (QED) is 0.606. The summed E-state index contributed by atoms with van der Waals surface area (Å²) in [6.45, 7) is 9.61. The first-order chi connectivity index (χ1) is 9.03. The predicted molar refractivity (Wildman–Crippen MR) is 77.8 cm³/mol. The van der Waals surface area contributed by atoms with Crippen LogP contribution >= 0.6 is 0 Å². The molecule has 0 aliphatic heterocycles. The molecular formula is C13H22N4O2. The van der Waals surface area contributed by atoms with Gasteiger partial charge in [0.15, 0.2) is 0 Å². The van der Waals surface area contributed by atoms with E-state index in [1.807, 2.05) is 13.8 Å². The van der Waals surface area contributed by atoms with Crippen molar-refractivity contribution >= 4 is 17.3 Å². The van der Waals surface area contributed by atoms with E-state index in [4.69, 9.17) is 0 Å². The van der Waals surface area contributed by atoms with Crippen LogP contribution < -0.4 is 10.2 Å². The third-order valence-corrected chi connectivity index (χ3v) is 3.12. The van der Waals surface area contributed by atoms with E-state index in [9.17, 15) is 10.1 Å². The van der Waals surface area contributed by atoms with Crippen molar-refractivity contribution in [2.45, 2.75) is 40.2 Å². The molecule has 0 aromatic carbocycles. The number of aromatic nitrogens is 1. The molecule has 0 saturated heterocycles. The van der Waals surface area contributed by atoms with Crippen LogP contribution in [0.25, 0.3) is 0 Å². The molecule has 0 bridgehead atoms. The van der Waals surface area contributed by atoms with Crippen LogP contribution in [0.1, 0.15) is 34.1 Å². The van der Waals surface area contributed by atoms with Gasteiger partial charge in [-0.25, -0.2) is 4.98 Å². The van der Waals surface area contributed by atoms with Crippen LogP contribution in [0, 0.1) is 10.1 Å². The van der Waals surface area contributed by atoms with E-state index in [0.29, 0.717) is 24.2 Å². The van der Waals surface area contributed by atoms with Gasteiger partial charge in [0, 0.05) is 19.1 Å². The Kier molecular flexibility index (Phi) is 5.54. The van der Waals surface area contributed by atoms with Crippen LogP contribution in [0.2, 0.25) is 0 Å². The fraction of sp³-hybridized carbons (Fsp3) is 0.615. The van der Waals surface area contributed by atoms with Crippen LogP contribution in [0.15, 0.2) is 12.1 Å². The predicted octanol–water partition coefficient (Wildman–Crippen LogP) is 3.05. The Balaban J connectivity index is 3.20. The first-order valence-electron chi connectivity index (χ1n) is 6.70. The Labute approximate surface area is 114 Å². The maximum Gasteiger partial charge on any atom is 0.276 e. The largest absolute Gasteiger partial charge is 0.370 e. The first kappa shape index (κ1) is 15.2. The van der Waals surface area contributed by atoms with Crippen molar-refractivity contribution in [2.24, 2.45) is 0 Å². The Morgan fingerprint density at radius 1 is 1.42 bits per heavy atom. The minimum Gasteiger partial charge on any atom is -0.370 e. The van der Waals surface area contributed by atoms with Gasteiger partial charge in [0.1, 0.15) is 11.6 Å². The Hall–Kier alpha value is -1.85. The molecule has 0 amide bonds. The van der Waals surface area contributed by atoms with Gasteiger partial charge >= 0.3 is 0 Å². The summed E-state index contributed by atoms with van der Waals surface area (Å²) in [7, 11) is 0. The highest BCUT2D eigenvalue weighted by Crippen LogP contribution is 2.25. The summed E-state index contributed by atoms with van der Waals surface area (Å²) in [6, 6.07) is 3.31. The summed E-state index contributed by atoms with van der Waals surface area (Å²) in [5.41, 5.74) is 0.0719. The zero-order valence-electron chi connectivity index (χ0n) is 12.0. The van der Waals surface area contributed by atoms with Crippen LogP contribution in [0.4, 0.5) is 17.3 Å². The molecule has 0 aliphatic carbocycles. The second-order valence-electron chi connectivity index (χ2n) is 4.40. The molecule has 1 N–H and O–H groups in total. The lowest BCUT2D eigenvalue weighted by Crippen LogP contribution is -2.33. The fourth-order valence-corrected chi connectivity index (χ4v) is 1.95. The van der Waals surface area contributed by atoms with Crippen molar-refractivity contribution in [3.63, 3.8) is 0 Å².